The Kier molecular flexibility index (Phi) is 35.9. The summed E-state index contributed by atoms with van der Waals surface area (Å²) in [5, 5.41) is 6.41. The standard InChI is InChI=1S/C69H87N3O42S3/c1-25(73)88-19-43-49-55(94-31(7)79)61(100-37(13)85)67(106-43)109-46-40(16-70-22-115)104-65(59(98-35(11)83)52(46)91-28(4)76)113-50-44(20-89-26(2)74)108-69(63(102-39(15)87)56(50)95-32(8)80)111-48-42(18-72-24-117)105-66(60(99-36(12)84)54(48)93-30(6)78)114-51-45(21-90-27(3)75)107-68(62(101-38(14)86)57(51)96-33(9)81)110-47-41(17-71-23-116)103-64(112-49)58(97-34(10)82)53(47)92-29(5)77/h40-69H,16-21H2,1-15H3/t40-,41-,42-,43-,44-,45-,46-,47-,48-,49-,50-,51-,52+,53+,54+,55+,56+,57+,58-,59-,60-,61-,62-,63-,64-,65-,66-,67-,68-,69-/m1/s1. The normalized spacial score (nSPS) is 35.1. The monoisotopic (exact) mass is 1730 g/mol. The summed E-state index contributed by atoms with van der Waals surface area (Å²) in [7, 11) is 0. The SMILES string of the molecule is CC(=O)OC[C@H]1O[C@@H]2O[C@H]3[C@H](OC(C)=O)[C@@H](OC(C)=O)[C@@H](O[C@H]4[C@H](OC(C)=O)[C@@H](OC(C)=O)[C@@H](O[C@H]5[C@H](OC(C)=O)[C@@H](OC(C)=O)[C@@H](O[C@H]6[C@H](OC(C)=O)[C@@H](OC(C)=O)[C@@H](O[C@H]7[C@H](OC(C)=O)[C@@H](OC(C)=O)[C@@H](O[C@H]1[C@H](OC(C)=O)[C@H]2OC(C)=O)O[C@@H]7CN=C=S)O[C@@H]6COC(C)=O)O[C@@H]5CN=C=S)O[C@@H]4COC(C)=O)O[C@@H]3CN=C=S. The molecule has 0 aliphatic carbocycles. The van der Waals surface area contributed by atoms with Crippen LogP contribution in [-0.4, -0.2) is 329 Å². The second kappa shape index (κ2) is 44.1. The number of isothiocyanates is 3. The lowest BCUT2D eigenvalue weighted by molar-refractivity contribution is -0.401. The number of hydrogen-bond acceptors (Lipinski definition) is 48. The number of thiocarbonyl (C=S) groups is 3. The van der Waals surface area contributed by atoms with Crippen molar-refractivity contribution >= 4 is 142 Å². The van der Waals surface area contributed by atoms with Crippen molar-refractivity contribution < 1.29 is 200 Å². The Balaban J connectivity index is 1.62. The lowest BCUT2D eigenvalue weighted by Crippen LogP contribution is -2.71. The van der Waals surface area contributed by atoms with Crippen LogP contribution in [0.3, 0.4) is 0 Å². The minimum absolute atomic E-state index is 0.753. The van der Waals surface area contributed by atoms with E-state index in [1.807, 2.05) is 0 Å². The molecule has 0 aromatic carbocycles. The van der Waals surface area contributed by atoms with Gasteiger partial charge in [0.1, 0.15) is 93.1 Å². The van der Waals surface area contributed by atoms with Crippen LogP contribution in [0.1, 0.15) is 104 Å². The van der Waals surface area contributed by atoms with Crippen molar-refractivity contribution in [3.05, 3.63) is 0 Å². The van der Waals surface area contributed by atoms with Gasteiger partial charge in [-0.05, 0) is 36.7 Å². The van der Waals surface area contributed by atoms with Gasteiger partial charge in [0.2, 0.25) is 0 Å². The van der Waals surface area contributed by atoms with E-state index in [9.17, 15) is 71.9 Å². The predicted octanol–water partition coefficient (Wildman–Crippen LogP) is -1.16. The highest BCUT2D eigenvalue weighted by Gasteiger charge is 2.65. The van der Waals surface area contributed by atoms with Gasteiger partial charge in [-0.25, -0.2) is 15.0 Å². The second-order valence-corrected chi connectivity index (χ2v) is 27.0. The maximum atomic E-state index is 13.7. The Labute approximate surface area is 681 Å². The molecule has 0 amide bonds. The summed E-state index contributed by atoms with van der Waals surface area (Å²) in [4.78, 5) is 216. The van der Waals surface area contributed by atoms with E-state index >= 15 is 0 Å². The summed E-state index contributed by atoms with van der Waals surface area (Å²) < 4.78 is 167. The zero-order valence-electron chi connectivity index (χ0n) is 65.3. The van der Waals surface area contributed by atoms with Gasteiger partial charge in [0.25, 0.3) is 0 Å². The first-order chi connectivity index (χ1) is 55.2. The van der Waals surface area contributed by atoms with Crippen LogP contribution < -0.4 is 0 Å². The molecule has 22 aliphatic heterocycles. The molecule has 0 N–H and O–H groups in total. The molecule has 48 heteroatoms. The first-order valence-electron chi connectivity index (χ1n) is 35.7. The summed E-state index contributed by atoms with van der Waals surface area (Å²) in [6, 6.07) is 0. The van der Waals surface area contributed by atoms with Gasteiger partial charge in [0.15, 0.2) is 111 Å². The van der Waals surface area contributed by atoms with Crippen molar-refractivity contribution in [2.75, 3.05) is 39.5 Å². The Bertz CT molecular complexity index is 3420. The van der Waals surface area contributed by atoms with Crippen molar-refractivity contribution in [3.63, 3.8) is 0 Å². The van der Waals surface area contributed by atoms with Gasteiger partial charge >= 0.3 is 89.5 Å². The smallest absolute Gasteiger partial charge is 0.303 e. The van der Waals surface area contributed by atoms with E-state index in [-0.39, 0.29) is 0 Å². The van der Waals surface area contributed by atoms with Crippen LogP contribution >= 0.6 is 36.7 Å². The third kappa shape index (κ3) is 26.7. The largest absolute Gasteiger partial charge is 0.463 e. The summed E-state index contributed by atoms with van der Waals surface area (Å²) in [6.45, 7) is 8.12. The summed E-state index contributed by atoms with van der Waals surface area (Å²) in [5.74, 6) is -17.4. The van der Waals surface area contributed by atoms with Crippen LogP contribution in [0, 0.1) is 0 Å². The molecule has 648 valence electrons. The maximum absolute atomic E-state index is 13.7. The Morgan fingerprint density at radius 1 is 0.214 bits per heavy atom. The number of nitrogens with zero attached hydrogens (tertiary/aromatic N) is 3. The van der Waals surface area contributed by atoms with E-state index in [2.05, 4.69) is 30.5 Å². The van der Waals surface area contributed by atoms with Crippen LogP contribution in [0.15, 0.2) is 15.0 Å². The third-order valence-corrected chi connectivity index (χ3v) is 17.7. The molecular formula is C69H87N3O42S3. The molecule has 45 nitrogen and oxygen atoms in total. The van der Waals surface area contributed by atoms with E-state index in [0.717, 1.165) is 104 Å². The summed E-state index contributed by atoms with van der Waals surface area (Å²) in [6.07, 6.45) is -64.0. The number of carbonyl (C=O) groups excluding carboxylic acids is 15. The molecule has 12 bridgehead atoms. The van der Waals surface area contributed by atoms with E-state index in [4.69, 9.17) is 165 Å². The number of aliphatic imine (C=N–C) groups is 3. The van der Waals surface area contributed by atoms with Crippen LogP contribution in [-0.2, 0) is 200 Å². The molecule has 0 saturated carbocycles. The molecular weight excluding hydrogens is 1640 g/mol. The molecule has 22 fully saturated rings. The Morgan fingerprint density at radius 3 is 0.487 bits per heavy atom. The fourth-order valence-corrected chi connectivity index (χ4v) is 13.7. The molecule has 0 aromatic heterocycles. The number of rotatable bonds is 24. The lowest BCUT2D eigenvalue weighted by atomic mass is 9.93. The molecule has 22 saturated heterocycles. The lowest BCUT2D eigenvalue weighted by Gasteiger charge is -2.52. The van der Waals surface area contributed by atoms with Crippen LogP contribution in [0.4, 0.5) is 0 Å². The van der Waals surface area contributed by atoms with Gasteiger partial charge in [-0.2, -0.15) is 0 Å². The molecule has 30 atom stereocenters. The Hall–Kier alpha value is -9.03. The predicted molar refractivity (Wildman–Crippen MR) is 377 cm³/mol. The zero-order valence-corrected chi connectivity index (χ0v) is 67.7. The second-order valence-electron chi connectivity index (χ2n) is 26.5. The van der Waals surface area contributed by atoms with Gasteiger partial charge in [-0.1, -0.05) is 0 Å². The van der Waals surface area contributed by atoms with Gasteiger partial charge < -0.3 is 128 Å². The maximum Gasteiger partial charge on any atom is 0.303 e. The van der Waals surface area contributed by atoms with Gasteiger partial charge in [-0.15, -0.1) is 0 Å². The zero-order chi connectivity index (χ0) is 86.6. The topological polar surface area (TPSA) is 542 Å². The fourth-order valence-electron chi connectivity index (χ4n) is 13.5. The van der Waals surface area contributed by atoms with Crippen LogP contribution in [0.2, 0.25) is 0 Å². The van der Waals surface area contributed by atoms with Gasteiger partial charge in [0.05, 0.1) is 35.1 Å². The summed E-state index contributed by atoms with van der Waals surface area (Å²) in [5.41, 5.74) is 0. The quantitative estimate of drug-likeness (QED) is 0.0476. The van der Waals surface area contributed by atoms with E-state index < -0.39 is 313 Å². The summed E-state index contributed by atoms with van der Waals surface area (Å²) >= 11 is 15.0. The minimum atomic E-state index is -2.29. The molecule has 22 aliphatic rings. The first kappa shape index (κ1) is 95.1. The molecule has 117 heavy (non-hydrogen) atoms. The van der Waals surface area contributed by atoms with Crippen LogP contribution in [0.5, 0.6) is 0 Å². The van der Waals surface area contributed by atoms with Crippen molar-refractivity contribution in [3.8, 4) is 0 Å². The van der Waals surface area contributed by atoms with Gasteiger partial charge in [-0.3, -0.25) is 71.9 Å². The highest BCUT2D eigenvalue weighted by atomic mass is 32.1. The average Bonchev–Trinajstić information content (AvgIpc) is 0.755. The first-order valence-corrected chi connectivity index (χ1v) is 36.9. The number of hydrogen-bond donors (Lipinski definition) is 0. The van der Waals surface area contributed by atoms with Crippen molar-refractivity contribution in [1.82, 2.24) is 0 Å². The number of esters is 15. The highest BCUT2D eigenvalue weighted by molar-refractivity contribution is 7.78. The van der Waals surface area contributed by atoms with E-state index in [1.165, 1.54) is 0 Å². The van der Waals surface area contributed by atoms with Crippen LogP contribution in [0.25, 0.3) is 0 Å². The average molecular weight is 1730 g/mol. The number of ether oxygens (including phenoxy) is 27. The highest BCUT2D eigenvalue weighted by Crippen LogP contribution is 2.44. The minimum Gasteiger partial charge on any atom is -0.463 e. The fraction of sp³-hybridized carbons (Fsp3) is 0.739. The van der Waals surface area contributed by atoms with E-state index in [0.29, 0.717) is 0 Å². The molecule has 22 rings (SSSR count). The molecule has 0 radical (unpaired) electrons. The van der Waals surface area contributed by atoms with Crippen molar-refractivity contribution in [2.24, 2.45) is 15.0 Å². The third-order valence-electron chi connectivity index (χ3n) is 17.3. The van der Waals surface area contributed by atoms with E-state index in [1.54, 1.807) is 0 Å². The van der Waals surface area contributed by atoms with Crippen molar-refractivity contribution in [1.29, 1.82) is 0 Å². The van der Waals surface area contributed by atoms with Crippen molar-refractivity contribution in [2.45, 2.75) is 288 Å². The molecule has 0 aromatic rings. The molecule has 0 spiro atoms. The number of carbonyl (C=O) groups is 15. The van der Waals surface area contributed by atoms with Gasteiger partial charge in [0, 0.05) is 104 Å². The Morgan fingerprint density at radius 2 is 0.350 bits per heavy atom. The molecule has 0 unspecified atom stereocenters. The molecule has 22 heterocycles.